The van der Waals surface area contributed by atoms with Gasteiger partial charge in [-0.15, -0.1) is 0 Å². The summed E-state index contributed by atoms with van der Waals surface area (Å²) < 4.78 is 11.9. The lowest BCUT2D eigenvalue weighted by atomic mass is 9.48. The predicted octanol–water partition coefficient (Wildman–Crippen LogP) is 3.27. The number of ether oxygens (including phenoxy) is 2. The van der Waals surface area contributed by atoms with Crippen molar-refractivity contribution in [1.82, 2.24) is 0 Å². The zero-order valence-electron chi connectivity index (χ0n) is 17.2. The van der Waals surface area contributed by atoms with Crippen LogP contribution in [0, 0.1) is 11.3 Å². The van der Waals surface area contributed by atoms with Gasteiger partial charge in [0.05, 0.1) is 6.10 Å². The summed E-state index contributed by atoms with van der Waals surface area (Å²) in [6.07, 6.45) is -0.969. The average Bonchev–Trinajstić information content (AvgIpc) is 2.83. The summed E-state index contributed by atoms with van der Waals surface area (Å²) in [5.41, 5.74) is 0.103. The van der Waals surface area contributed by atoms with E-state index < -0.39 is 35.1 Å². The van der Waals surface area contributed by atoms with E-state index in [4.69, 9.17) is 9.47 Å². The van der Waals surface area contributed by atoms with Crippen LogP contribution in [0.3, 0.4) is 0 Å². The maximum Gasteiger partial charge on any atom is 0.317 e. The fourth-order valence-corrected chi connectivity index (χ4v) is 6.17. The molecule has 2 aliphatic carbocycles. The van der Waals surface area contributed by atoms with Crippen molar-refractivity contribution in [3.8, 4) is 11.5 Å². The number of carbonyl (C=O) groups is 1. The van der Waals surface area contributed by atoms with Crippen molar-refractivity contribution in [2.24, 2.45) is 11.3 Å². The van der Waals surface area contributed by atoms with Crippen LogP contribution in [0.5, 0.6) is 11.5 Å². The van der Waals surface area contributed by atoms with E-state index in [1.807, 2.05) is 40.7 Å². The second kappa shape index (κ2) is 6.10. The summed E-state index contributed by atoms with van der Waals surface area (Å²) in [5.74, 6) is -1.19. The molecule has 1 aromatic rings. The quantitative estimate of drug-likeness (QED) is 0.541. The molecule has 0 spiro atoms. The summed E-state index contributed by atoms with van der Waals surface area (Å²) in [7, 11) is 0. The Hall–Kier alpha value is -1.79. The van der Waals surface area contributed by atoms with E-state index in [9.17, 15) is 20.1 Å². The van der Waals surface area contributed by atoms with E-state index in [1.165, 1.54) is 0 Å². The fourth-order valence-electron chi connectivity index (χ4n) is 6.17. The van der Waals surface area contributed by atoms with Crippen LogP contribution in [0.1, 0.15) is 76.2 Å². The van der Waals surface area contributed by atoms with Crippen molar-refractivity contribution in [3.05, 3.63) is 22.8 Å². The third-order valence-corrected chi connectivity index (χ3v) is 6.98. The van der Waals surface area contributed by atoms with Crippen molar-refractivity contribution in [2.75, 3.05) is 6.61 Å². The van der Waals surface area contributed by atoms with Crippen LogP contribution in [0.4, 0.5) is 0 Å². The van der Waals surface area contributed by atoms with Crippen LogP contribution < -0.4 is 0 Å². The van der Waals surface area contributed by atoms with Gasteiger partial charge in [-0.25, -0.2) is 0 Å². The van der Waals surface area contributed by atoms with E-state index in [2.05, 4.69) is 0 Å². The molecule has 1 heterocycles. The summed E-state index contributed by atoms with van der Waals surface area (Å²) in [4.78, 5) is 13.3. The lowest BCUT2D eigenvalue weighted by Gasteiger charge is -2.53. The van der Waals surface area contributed by atoms with Gasteiger partial charge in [0.2, 0.25) is 0 Å². The zero-order valence-corrected chi connectivity index (χ0v) is 17.2. The van der Waals surface area contributed by atoms with E-state index in [0.29, 0.717) is 29.7 Å². The van der Waals surface area contributed by atoms with Crippen LogP contribution >= 0.6 is 0 Å². The van der Waals surface area contributed by atoms with Gasteiger partial charge in [0, 0.05) is 23.7 Å². The first-order valence-corrected chi connectivity index (χ1v) is 10.2. The van der Waals surface area contributed by atoms with Crippen molar-refractivity contribution in [2.45, 2.75) is 77.1 Å². The second-order valence-electron chi connectivity index (χ2n) is 9.53. The highest BCUT2D eigenvalue weighted by molar-refractivity contribution is 5.90. The molecule has 154 valence electrons. The minimum absolute atomic E-state index is 0.0173. The molecular formula is C22H30O6. The van der Waals surface area contributed by atoms with Gasteiger partial charge in [-0.3, -0.25) is 4.79 Å². The van der Waals surface area contributed by atoms with Crippen molar-refractivity contribution >= 4 is 5.97 Å². The normalized spacial score (nSPS) is 35.5. The second-order valence-corrected chi connectivity index (χ2v) is 9.53. The number of benzene rings is 1. The van der Waals surface area contributed by atoms with Crippen LogP contribution in [0.15, 0.2) is 6.07 Å². The Morgan fingerprint density at radius 3 is 2.54 bits per heavy atom. The number of phenols is 2. The van der Waals surface area contributed by atoms with Gasteiger partial charge in [-0.2, -0.15) is 0 Å². The highest BCUT2D eigenvalue weighted by Crippen LogP contribution is 2.67. The molecule has 3 aliphatic rings. The van der Waals surface area contributed by atoms with Crippen molar-refractivity contribution in [1.29, 1.82) is 0 Å². The summed E-state index contributed by atoms with van der Waals surface area (Å²) in [5, 5.41) is 32.5. The number of phenolic OH excluding ortho intramolecular Hbond substituents is 2. The molecule has 0 amide bonds. The number of rotatable bonds is 3. The Labute approximate surface area is 165 Å². The van der Waals surface area contributed by atoms with Crippen molar-refractivity contribution in [3.63, 3.8) is 0 Å². The third kappa shape index (κ3) is 2.31. The number of carbonyl (C=O) groups excluding carboxylic acids is 1. The molecule has 4 rings (SSSR count). The molecule has 3 N–H and O–H groups in total. The lowest BCUT2D eigenvalue weighted by molar-refractivity contribution is -0.150. The molecule has 1 aromatic carbocycles. The number of esters is 1. The Morgan fingerprint density at radius 1 is 1.25 bits per heavy atom. The lowest BCUT2D eigenvalue weighted by Crippen LogP contribution is -2.57. The molecule has 0 aromatic heterocycles. The fraction of sp³-hybridized carbons (Fsp3) is 0.682. The largest absolute Gasteiger partial charge is 0.504 e. The number of fused-ring (bicyclic) bond motifs is 1. The molecular weight excluding hydrogens is 360 g/mol. The molecule has 28 heavy (non-hydrogen) atoms. The van der Waals surface area contributed by atoms with Gasteiger partial charge in [-0.1, -0.05) is 27.7 Å². The third-order valence-electron chi connectivity index (χ3n) is 6.98. The van der Waals surface area contributed by atoms with Gasteiger partial charge in [0.1, 0.15) is 17.6 Å². The summed E-state index contributed by atoms with van der Waals surface area (Å²) in [6.45, 7) is 10.2. The first-order chi connectivity index (χ1) is 13.1. The van der Waals surface area contributed by atoms with E-state index in [0.717, 1.165) is 0 Å². The number of hydrogen-bond acceptors (Lipinski definition) is 6. The maximum atomic E-state index is 13.3. The number of aromatic hydroxyl groups is 2. The predicted molar refractivity (Wildman–Crippen MR) is 102 cm³/mol. The number of aliphatic hydroxyl groups is 1. The highest BCUT2D eigenvalue weighted by Gasteiger charge is 2.71. The minimum atomic E-state index is -1.17. The molecule has 6 nitrogen and oxygen atoms in total. The number of aliphatic hydroxyl groups excluding tert-OH is 1. The zero-order chi connectivity index (χ0) is 20.6. The molecule has 2 fully saturated rings. The minimum Gasteiger partial charge on any atom is -0.504 e. The van der Waals surface area contributed by atoms with Crippen molar-refractivity contribution < 1.29 is 29.6 Å². The topological polar surface area (TPSA) is 96.2 Å². The van der Waals surface area contributed by atoms with E-state index in [-0.39, 0.29) is 29.8 Å². The molecule has 2 bridgehead atoms. The van der Waals surface area contributed by atoms with Gasteiger partial charge >= 0.3 is 5.97 Å². The molecule has 1 saturated carbocycles. The smallest absolute Gasteiger partial charge is 0.317 e. The van der Waals surface area contributed by atoms with Crippen LogP contribution in [0.25, 0.3) is 0 Å². The molecule has 0 radical (unpaired) electrons. The summed E-state index contributed by atoms with van der Waals surface area (Å²) >= 11 is 0. The van der Waals surface area contributed by atoms with Crippen LogP contribution in [-0.4, -0.2) is 40.1 Å². The first kappa shape index (κ1) is 19.5. The standard InChI is InChI=1S/C22H30O6/c1-6-27-17-13-7-12(10(2)3)15(24)16(25)14(13)22-9-11(23)8-21(4,5)19(22)18(17)28-20(22)26/h7,10-11,17-19,23-25H,6,8-9H2,1-5H3. The Balaban J connectivity index is 2.07. The van der Waals surface area contributed by atoms with E-state index in [1.54, 1.807) is 0 Å². The Morgan fingerprint density at radius 2 is 1.93 bits per heavy atom. The van der Waals surface area contributed by atoms with Gasteiger partial charge < -0.3 is 24.8 Å². The first-order valence-electron chi connectivity index (χ1n) is 10.2. The van der Waals surface area contributed by atoms with Gasteiger partial charge in [-0.05, 0) is 42.7 Å². The van der Waals surface area contributed by atoms with Crippen LogP contribution in [0.2, 0.25) is 0 Å². The summed E-state index contributed by atoms with van der Waals surface area (Å²) in [6, 6.07) is 1.84. The number of hydrogen-bond donors (Lipinski definition) is 3. The van der Waals surface area contributed by atoms with Gasteiger partial charge in [0.15, 0.2) is 11.5 Å². The molecule has 1 aliphatic heterocycles. The maximum absolute atomic E-state index is 13.3. The Bertz CT molecular complexity index is 829. The SMILES string of the molecule is CCOC1c2cc(C(C)C)c(O)c(O)c2C23CC(O)CC(C)(C)C2C1OC3=O. The molecule has 5 unspecified atom stereocenters. The van der Waals surface area contributed by atoms with Gasteiger partial charge in [0.25, 0.3) is 0 Å². The Kier molecular flexibility index (Phi) is 4.25. The highest BCUT2D eigenvalue weighted by atomic mass is 16.6. The van der Waals surface area contributed by atoms with Crippen LogP contribution in [-0.2, 0) is 19.7 Å². The molecule has 5 atom stereocenters. The van der Waals surface area contributed by atoms with E-state index >= 15 is 0 Å². The average molecular weight is 390 g/mol. The molecule has 6 heteroatoms. The monoisotopic (exact) mass is 390 g/mol. The molecule has 1 saturated heterocycles.